The Labute approximate surface area is 470 Å². The monoisotopic (exact) mass is 1090 g/mol. The van der Waals surface area contributed by atoms with E-state index in [0.717, 1.165) is 122 Å². The first kappa shape index (κ1) is 71.5. The fourth-order valence-electron chi connectivity index (χ4n) is 9.20. The minimum Gasteiger partial charge on any atom is -0.465 e. The van der Waals surface area contributed by atoms with Crippen LogP contribution in [0.15, 0.2) is 24.3 Å². The van der Waals surface area contributed by atoms with E-state index in [1.54, 1.807) is 0 Å². The number of hydrogen-bond acceptors (Lipinski definition) is 13. The second-order valence-electron chi connectivity index (χ2n) is 21.3. The molecule has 0 bridgehead atoms. The number of likely N-dealkylation sites (tertiary alicyclic amines) is 1. The van der Waals surface area contributed by atoms with E-state index < -0.39 is 42.3 Å². The van der Waals surface area contributed by atoms with Crippen molar-refractivity contribution >= 4 is 30.0 Å². The Balaban J connectivity index is 0.0000593. The quantitative estimate of drug-likeness (QED) is 0.0201. The van der Waals surface area contributed by atoms with Gasteiger partial charge in [0.1, 0.15) is 32.0 Å². The Hall–Kier alpha value is -3.49. The van der Waals surface area contributed by atoms with Crippen LogP contribution in [-0.2, 0) is 52.3 Å². The number of hydrogen-bond donors (Lipinski definition) is 1. The van der Waals surface area contributed by atoms with Crippen LogP contribution in [0.2, 0.25) is 0 Å². The molecule has 0 aromatic rings. The summed E-state index contributed by atoms with van der Waals surface area (Å²) >= 11 is 0. The zero-order valence-electron chi connectivity index (χ0n) is 49.8. The van der Waals surface area contributed by atoms with Crippen molar-refractivity contribution in [1.29, 1.82) is 0 Å². The first-order valence-corrected chi connectivity index (χ1v) is 31.5. The fourth-order valence-corrected chi connectivity index (χ4v) is 9.20. The summed E-state index contributed by atoms with van der Waals surface area (Å²) in [6.07, 6.45) is 38.8. The molecule has 0 aromatic carbocycles. The molecule has 1 aliphatic heterocycles. The lowest BCUT2D eigenvalue weighted by Gasteiger charge is -2.20. The smallest absolute Gasteiger partial charge is 0.407 e. The summed E-state index contributed by atoms with van der Waals surface area (Å²) in [5.74, 6) is -2.12. The molecule has 0 saturated carbocycles. The van der Waals surface area contributed by atoms with Crippen molar-refractivity contribution in [2.45, 2.75) is 284 Å². The molecule has 77 heavy (non-hydrogen) atoms. The van der Waals surface area contributed by atoms with Crippen molar-refractivity contribution in [3.8, 4) is 0 Å². The molecule has 2 unspecified atom stereocenters. The average Bonchev–Trinajstić information content (AvgIpc) is 3.95. The van der Waals surface area contributed by atoms with Gasteiger partial charge in [-0.05, 0) is 135 Å². The number of carbonyl (C=O) groups excluding carboxylic acids is 5. The number of nitrogens with zero attached hydrogens (tertiary/aromatic N) is 1. The van der Waals surface area contributed by atoms with E-state index in [0.29, 0.717) is 64.7 Å². The van der Waals surface area contributed by atoms with Gasteiger partial charge >= 0.3 is 30.0 Å². The number of esters is 4. The van der Waals surface area contributed by atoms with Crippen LogP contribution in [-0.4, -0.2) is 113 Å². The van der Waals surface area contributed by atoms with Gasteiger partial charge in [-0.1, -0.05) is 136 Å². The summed E-state index contributed by atoms with van der Waals surface area (Å²) in [7, 11) is 0. The van der Waals surface area contributed by atoms with Gasteiger partial charge < -0.3 is 43.4 Å². The molecule has 1 N–H and O–H groups in total. The SMILES string of the molecule is CC/C=C\CCCCOC(CCC(=O)OCC(COC(=O)CCCCCC(=O)OC(CCCCCCC)CCCCCCC)COC(=O)CCC(CCCCCC)OC(=O)NCCN1CCCC1)OCCCC/C=C\CC.[HH]. The van der Waals surface area contributed by atoms with E-state index in [4.69, 9.17) is 33.2 Å². The van der Waals surface area contributed by atoms with Crippen LogP contribution in [0.3, 0.4) is 0 Å². The minimum absolute atomic E-state index is 0. The highest BCUT2D eigenvalue weighted by Crippen LogP contribution is 2.19. The molecule has 1 aliphatic rings. The molecule has 1 fully saturated rings. The van der Waals surface area contributed by atoms with E-state index in [1.807, 2.05) is 0 Å². The summed E-state index contributed by atoms with van der Waals surface area (Å²) in [6.45, 7) is 14.9. The van der Waals surface area contributed by atoms with Gasteiger partial charge in [0.05, 0.1) is 12.3 Å². The largest absolute Gasteiger partial charge is 0.465 e. The van der Waals surface area contributed by atoms with Crippen LogP contribution in [0, 0.1) is 5.92 Å². The number of amides is 1. The molecule has 14 heteroatoms. The number of carbonyl (C=O) groups is 5. The highest BCUT2D eigenvalue weighted by atomic mass is 16.7. The van der Waals surface area contributed by atoms with Gasteiger partial charge in [0.2, 0.25) is 0 Å². The second-order valence-corrected chi connectivity index (χ2v) is 21.3. The van der Waals surface area contributed by atoms with Gasteiger partial charge in [-0.15, -0.1) is 0 Å². The standard InChI is InChI=1S/C63H114N2O12.H2/c1-6-11-16-21-25-35-50-71-62(72-51-36-26-22-17-12-7-2)45-44-60(68)75-54-55(53-74-59(67)43-42-57(39-28-20-15-10-5)77-63(70)64-46-49-65-47-33-34-48-65)52-73-58(66)40-31-27-32-41-61(69)76-56(37-29-23-18-13-8-3)38-30-24-19-14-9-4;/h11-12,16-17,55-57,62H,6-10,13-15,18-54H2,1-5H3,(H,64,70);1H/b16-11-,17-12-;. The van der Waals surface area contributed by atoms with Crippen molar-refractivity contribution in [2.24, 2.45) is 5.92 Å². The summed E-state index contributed by atoms with van der Waals surface area (Å²) in [4.78, 5) is 67.5. The number of ether oxygens (including phenoxy) is 7. The summed E-state index contributed by atoms with van der Waals surface area (Å²) in [5.41, 5.74) is 0. The lowest BCUT2D eigenvalue weighted by atomic mass is 10.0. The molecule has 2 atom stereocenters. The molecular weight excluding hydrogens is 977 g/mol. The van der Waals surface area contributed by atoms with Crippen LogP contribution in [0.4, 0.5) is 4.79 Å². The number of alkyl carbamates (subject to hydrolysis) is 1. The molecular formula is C63H116N2O12. The van der Waals surface area contributed by atoms with Crippen molar-refractivity contribution in [1.82, 2.24) is 10.2 Å². The molecule has 1 saturated heterocycles. The predicted octanol–water partition coefficient (Wildman–Crippen LogP) is 15.4. The van der Waals surface area contributed by atoms with Gasteiger partial charge in [0, 0.05) is 53.4 Å². The maximum Gasteiger partial charge on any atom is 0.407 e. The lowest BCUT2D eigenvalue weighted by molar-refractivity contribution is -0.162. The maximum atomic E-state index is 13.2. The Morgan fingerprint density at radius 2 is 0.909 bits per heavy atom. The first-order valence-electron chi connectivity index (χ1n) is 31.5. The second kappa shape index (κ2) is 53.2. The number of allylic oxidation sites excluding steroid dienone is 4. The molecule has 14 nitrogen and oxygen atoms in total. The van der Waals surface area contributed by atoms with Crippen LogP contribution in [0.1, 0.15) is 267 Å². The van der Waals surface area contributed by atoms with E-state index in [-0.39, 0.29) is 52.6 Å². The molecule has 1 amide bonds. The Kier molecular flexibility index (Phi) is 49.4. The Morgan fingerprint density at radius 3 is 1.42 bits per heavy atom. The Bertz CT molecular complexity index is 1460. The van der Waals surface area contributed by atoms with Crippen LogP contribution >= 0.6 is 0 Å². The normalized spacial score (nSPS) is 13.7. The molecule has 1 rings (SSSR count). The zero-order valence-corrected chi connectivity index (χ0v) is 49.8. The van der Waals surface area contributed by atoms with Crippen molar-refractivity contribution in [2.75, 3.05) is 59.2 Å². The highest BCUT2D eigenvalue weighted by Gasteiger charge is 2.22. The predicted molar refractivity (Wildman–Crippen MR) is 312 cm³/mol. The number of nitrogens with one attached hydrogen (secondary N) is 1. The third kappa shape index (κ3) is 46.0. The molecule has 0 aliphatic carbocycles. The topological polar surface area (TPSA) is 165 Å². The third-order valence-electron chi connectivity index (χ3n) is 14.0. The van der Waals surface area contributed by atoms with Crippen LogP contribution < -0.4 is 5.32 Å². The molecule has 450 valence electrons. The first-order chi connectivity index (χ1) is 37.6. The summed E-state index contributed by atoms with van der Waals surface area (Å²) < 4.78 is 41.1. The van der Waals surface area contributed by atoms with Gasteiger partial charge in [-0.3, -0.25) is 19.2 Å². The molecule has 0 radical (unpaired) electrons. The summed E-state index contributed by atoms with van der Waals surface area (Å²) in [5, 5.41) is 2.88. The highest BCUT2D eigenvalue weighted by molar-refractivity contribution is 5.71. The van der Waals surface area contributed by atoms with Crippen molar-refractivity contribution in [3.05, 3.63) is 24.3 Å². The fraction of sp³-hybridized carbons (Fsp3) is 0.857. The Morgan fingerprint density at radius 1 is 0.468 bits per heavy atom. The van der Waals surface area contributed by atoms with Gasteiger partial charge in [0.15, 0.2) is 6.29 Å². The zero-order chi connectivity index (χ0) is 56.1. The minimum atomic E-state index is -0.609. The van der Waals surface area contributed by atoms with E-state index in [1.165, 1.54) is 64.2 Å². The molecule has 0 spiro atoms. The summed E-state index contributed by atoms with van der Waals surface area (Å²) in [6, 6.07) is 0. The number of rotatable bonds is 54. The van der Waals surface area contributed by atoms with Crippen LogP contribution in [0.25, 0.3) is 0 Å². The van der Waals surface area contributed by atoms with E-state index in [2.05, 4.69) is 69.1 Å². The van der Waals surface area contributed by atoms with Gasteiger partial charge in [0.25, 0.3) is 0 Å². The average molecular weight is 1090 g/mol. The molecule has 0 aromatic heterocycles. The number of unbranched alkanes of at least 4 members (excludes halogenated alkanes) is 17. The maximum absolute atomic E-state index is 13.2. The van der Waals surface area contributed by atoms with Crippen LogP contribution in [0.5, 0.6) is 0 Å². The van der Waals surface area contributed by atoms with Crippen molar-refractivity contribution < 1.29 is 58.6 Å². The van der Waals surface area contributed by atoms with Gasteiger partial charge in [-0.2, -0.15) is 0 Å². The third-order valence-corrected chi connectivity index (χ3v) is 14.0. The molecule has 1 heterocycles. The van der Waals surface area contributed by atoms with E-state index >= 15 is 0 Å². The van der Waals surface area contributed by atoms with Crippen molar-refractivity contribution in [3.63, 3.8) is 0 Å². The van der Waals surface area contributed by atoms with E-state index in [9.17, 15) is 24.0 Å². The van der Waals surface area contributed by atoms with Gasteiger partial charge in [-0.25, -0.2) is 4.79 Å². The lowest BCUT2D eigenvalue weighted by Crippen LogP contribution is -2.35.